The molecule has 0 atom stereocenters. The van der Waals surface area contributed by atoms with E-state index in [1.165, 1.54) is 0 Å². The first-order chi connectivity index (χ1) is 7.95. The number of thioether (sulfide) groups is 1. The number of nitrogens with two attached hydrogens (primary N) is 1. The number of amidine groups is 1. The molecule has 0 aliphatic carbocycles. The van der Waals surface area contributed by atoms with Gasteiger partial charge in [0.15, 0.2) is 5.17 Å². The van der Waals surface area contributed by atoms with E-state index in [0.29, 0.717) is 10.3 Å². The molecule has 1 aliphatic rings. The third kappa shape index (κ3) is 3.89. The minimum Gasteiger partial charge on any atom is -0.378 e. The minimum absolute atomic E-state index is 0.596. The molecule has 5 heteroatoms. The molecule has 0 spiro atoms. The highest BCUT2D eigenvalue weighted by Gasteiger charge is 2.15. The van der Waals surface area contributed by atoms with E-state index in [4.69, 9.17) is 17.3 Å². The summed E-state index contributed by atoms with van der Waals surface area (Å²) >= 11 is 7.53. The van der Waals surface area contributed by atoms with Crippen LogP contribution >= 0.6 is 23.4 Å². The maximum Gasteiger partial charge on any atom is 0.158 e. The van der Waals surface area contributed by atoms with Crippen molar-refractivity contribution < 1.29 is 0 Å². The van der Waals surface area contributed by atoms with Crippen LogP contribution in [0.5, 0.6) is 0 Å². The summed E-state index contributed by atoms with van der Waals surface area (Å²) in [7, 11) is 0. The van der Waals surface area contributed by atoms with Gasteiger partial charge in [-0.25, -0.2) is 9.98 Å². The molecule has 0 radical (unpaired) electrons. The van der Waals surface area contributed by atoms with Crippen LogP contribution in [-0.2, 0) is 0 Å². The fourth-order valence-corrected chi connectivity index (χ4v) is 2.27. The van der Waals surface area contributed by atoms with Gasteiger partial charge in [0, 0.05) is 11.4 Å². The molecule has 0 amide bonds. The van der Waals surface area contributed by atoms with Crippen LogP contribution in [0, 0.1) is 0 Å². The molecule has 0 aromatic heterocycles. The van der Waals surface area contributed by atoms with Crippen molar-refractivity contribution in [2.45, 2.75) is 34.1 Å². The van der Waals surface area contributed by atoms with Gasteiger partial charge in [0.05, 0.1) is 0 Å². The molecule has 1 rings (SSSR count). The molecule has 0 saturated heterocycles. The van der Waals surface area contributed by atoms with Crippen LogP contribution in [0.25, 0.3) is 0 Å². The van der Waals surface area contributed by atoms with Gasteiger partial charge in [-0.05, 0) is 44.1 Å². The van der Waals surface area contributed by atoms with Crippen molar-refractivity contribution >= 4 is 34.2 Å². The normalized spacial score (nSPS) is 20.5. The summed E-state index contributed by atoms with van der Waals surface area (Å²) in [4.78, 5) is 8.70. The Morgan fingerprint density at radius 2 is 2.18 bits per heavy atom. The molecule has 2 N–H and O–H groups in total. The van der Waals surface area contributed by atoms with Crippen LogP contribution in [0.4, 0.5) is 0 Å². The Morgan fingerprint density at radius 1 is 1.53 bits per heavy atom. The van der Waals surface area contributed by atoms with Crippen molar-refractivity contribution in [1.29, 1.82) is 0 Å². The van der Waals surface area contributed by atoms with Crippen molar-refractivity contribution in [1.82, 2.24) is 0 Å². The van der Waals surface area contributed by atoms with Gasteiger partial charge in [0.2, 0.25) is 0 Å². The van der Waals surface area contributed by atoms with Crippen molar-refractivity contribution in [3.63, 3.8) is 0 Å². The zero-order chi connectivity index (χ0) is 13.0. The second-order valence-electron chi connectivity index (χ2n) is 3.89. The Balaban J connectivity index is 3.01. The number of aliphatic imine (C=N–C) groups is 2. The van der Waals surface area contributed by atoms with Crippen LogP contribution in [0.2, 0.25) is 0 Å². The first-order valence-corrected chi connectivity index (χ1v) is 6.89. The Morgan fingerprint density at radius 3 is 2.76 bits per heavy atom. The second-order valence-corrected chi connectivity index (χ2v) is 5.53. The van der Waals surface area contributed by atoms with Crippen molar-refractivity contribution in [3.05, 3.63) is 22.0 Å². The molecular weight excluding hydrogens is 254 g/mol. The lowest BCUT2D eigenvalue weighted by Crippen LogP contribution is -2.10. The fraction of sp³-hybridized carbons (Fsp3) is 0.500. The zero-order valence-corrected chi connectivity index (χ0v) is 12.2. The van der Waals surface area contributed by atoms with E-state index in [0.717, 1.165) is 34.7 Å². The van der Waals surface area contributed by atoms with E-state index >= 15 is 0 Å². The Bertz CT molecular complexity index is 433. The lowest BCUT2D eigenvalue weighted by atomic mass is 9.99. The van der Waals surface area contributed by atoms with Crippen LogP contribution < -0.4 is 5.73 Å². The number of hydrogen-bond acceptors (Lipinski definition) is 3. The van der Waals surface area contributed by atoms with E-state index < -0.39 is 0 Å². The first-order valence-electron chi connectivity index (χ1n) is 5.53. The van der Waals surface area contributed by atoms with Crippen LogP contribution in [0.1, 0.15) is 34.1 Å². The fourth-order valence-electron chi connectivity index (χ4n) is 1.58. The standard InChI is InChI=1S/C12H18ClN3S/c1-5-17-12(14)16-9(4)10-6-7(2)11(13)15-8(10)3/h5-6H2,1-4H3,(H2,14,16)/b10-9+. The lowest BCUT2D eigenvalue weighted by molar-refractivity contribution is 1.06. The molecule has 94 valence electrons. The molecule has 0 saturated carbocycles. The maximum absolute atomic E-state index is 5.99. The molecule has 3 nitrogen and oxygen atoms in total. The molecule has 0 aromatic carbocycles. The summed E-state index contributed by atoms with van der Waals surface area (Å²) in [5, 5.41) is 1.20. The van der Waals surface area contributed by atoms with Gasteiger partial charge in [-0.3, -0.25) is 0 Å². The number of hydrogen-bond donors (Lipinski definition) is 1. The number of rotatable bonds is 2. The van der Waals surface area contributed by atoms with Crippen molar-refractivity contribution in [2.75, 3.05) is 5.75 Å². The van der Waals surface area contributed by atoms with Gasteiger partial charge in [0.25, 0.3) is 0 Å². The summed E-state index contributed by atoms with van der Waals surface area (Å²) in [5.74, 6) is 0.926. The average molecular weight is 272 g/mol. The molecule has 0 bridgehead atoms. The highest BCUT2D eigenvalue weighted by molar-refractivity contribution is 8.13. The average Bonchev–Trinajstić information content (AvgIpc) is 2.23. The molecular formula is C12H18ClN3S. The third-order valence-corrected chi connectivity index (χ3v) is 3.59. The topological polar surface area (TPSA) is 50.7 Å². The minimum atomic E-state index is 0.596. The Labute approximate surface area is 112 Å². The van der Waals surface area contributed by atoms with Gasteiger partial charge in [0.1, 0.15) is 5.16 Å². The number of allylic oxidation sites excluding steroid dienone is 3. The number of nitrogens with zero attached hydrogens (tertiary/aromatic N) is 2. The van der Waals surface area contributed by atoms with Crippen molar-refractivity contribution in [2.24, 2.45) is 15.7 Å². The molecule has 1 heterocycles. The van der Waals surface area contributed by atoms with E-state index in [-0.39, 0.29) is 0 Å². The smallest absolute Gasteiger partial charge is 0.158 e. The van der Waals surface area contributed by atoms with Crippen molar-refractivity contribution in [3.8, 4) is 0 Å². The maximum atomic E-state index is 5.99. The van der Waals surface area contributed by atoms with Crippen LogP contribution in [0.3, 0.4) is 0 Å². The number of halogens is 1. The summed E-state index contributed by atoms with van der Waals surface area (Å²) in [6.07, 6.45) is 0.799. The summed E-state index contributed by atoms with van der Waals surface area (Å²) in [5.41, 5.74) is 9.84. The van der Waals surface area contributed by atoms with E-state index in [9.17, 15) is 0 Å². The lowest BCUT2D eigenvalue weighted by Gasteiger charge is -2.16. The van der Waals surface area contributed by atoms with Gasteiger partial charge in [-0.1, -0.05) is 30.3 Å². The molecule has 1 aliphatic heterocycles. The molecule has 0 aromatic rings. The Kier molecular flexibility index (Phi) is 5.28. The van der Waals surface area contributed by atoms with Gasteiger partial charge < -0.3 is 5.73 Å². The second kappa shape index (κ2) is 6.26. The van der Waals surface area contributed by atoms with Crippen LogP contribution in [-0.4, -0.2) is 16.6 Å². The van der Waals surface area contributed by atoms with Gasteiger partial charge in [-0.2, -0.15) is 0 Å². The monoisotopic (exact) mass is 271 g/mol. The Hall–Kier alpha value is -0.740. The first kappa shape index (κ1) is 14.3. The van der Waals surface area contributed by atoms with Crippen LogP contribution in [0.15, 0.2) is 32.0 Å². The highest BCUT2D eigenvalue weighted by Crippen LogP contribution is 2.28. The predicted octanol–water partition coefficient (Wildman–Crippen LogP) is 3.66. The predicted molar refractivity (Wildman–Crippen MR) is 78.7 cm³/mol. The van der Waals surface area contributed by atoms with Gasteiger partial charge in [-0.15, -0.1) is 0 Å². The quantitative estimate of drug-likeness (QED) is 0.473. The molecule has 17 heavy (non-hydrogen) atoms. The highest BCUT2D eigenvalue weighted by atomic mass is 35.5. The van der Waals surface area contributed by atoms with Gasteiger partial charge >= 0.3 is 0 Å². The summed E-state index contributed by atoms with van der Waals surface area (Å²) in [6, 6.07) is 0. The van der Waals surface area contributed by atoms with E-state index in [1.807, 2.05) is 20.8 Å². The zero-order valence-electron chi connectivity index (χ0n) is 10.7. The molecule has 0 fully saturated rings. The third-order valence-electron chi connectivity index (χ3n) is 2.50. The van der Waals surface area contributed by atoms with E-state index in [1.54, 1.807) is 11.8 Å². The largest absolute Gasteiger partial charge is 0.378 e. The van der Waals surface area contributed by atoms with E-state index in [2.05, 4.69) is 16.9 Å². The molecule has 0 unspecified atom stereocenters. The summed E-state index contributed by atoms with van der Waals surface area (Å²) < 4.78 is 0. The summed E-state index contributed by atoms with van der Waals surface area (Å²) in [6.45, 7) is 7.95. The SMILES string of the molecule is CCSC(N)=N/C(C)=C1\CC(C)=C(Cl)N=C1C.